The van der Waals surface area contributed by atoms with Crippen molar-refractivity contribution in [3.05, 3.63) is 27.7 Å². The van der Waals surface area contributed by atoms with Gasteiger partial charge in [-0.25, -0.2) is 0 Å². The lowest BCUT2D eigenvalue weighted by atomic mass is 9.99. The molecule has 1 aromatic rings. The predicted molar refractivity (Wildman–Crippen MR) is 62.9 cm³/mol. The van der Waals surface area contributed by atoms with Gasteiger partial charge in [0.15, 0.2) is 0 Å². The molecule has 0 amide bonds. The Morgan fingerprint density at radius 2 is 1.29 bits per heavy atom. The molecular weight excluding hydrogens is 216 g/mol. The number of rotatable bonds is 0. The van der Waals surface area contributed by atoms with Crippen molar-refractivity contribution in [3.8, 4) is 0 Å². The molecule has 0 spiro atoms. The SMILES string of the molecule is O=[n+]1c2c(n(O)c3c1CCCC3)CCCCC2. The van der Waals surface area contributed by atoms with Crippen molar-refractivity contribution in [3.63, 3.8) is 0 Å². The van der Waals surface area contributed by atoms with E-state index in [1.807, 2.05) is 0 Å². The highest BCUT2D eigenvalue weighted by atomic mass is 16.5. The molecule has 0 aliphatic heterocycles. The van der Waals surface area contributed by atoms with Gasteiger partial charge in [-0.1, -0.05) is 6.42 Å². The largest absolute Gasteiger partial charge is 0.428 e. The second kappa shape index (κ2) is 4.17. The summed E-state index contributed by atoms with van der Waals surface area (Å²) in [5.74, 6) is 0. The molecule has 4 nitrogen and oxygen atoms in total. The fourth-order valence-corrected chi connectivity index (χ4v) is 3.14. The Labute approximate surface area is 100 Å². The van der Waals surface area contributed by atoms with Gasteiger partial charge < -0.3 is 5.21 Å². The summed E-state index contributed by atoms with van der Waals surface area (Å²) in [6.07, 6.45) is 8.72. The molecule has 0 atom stereocenters. The second-order valence-corrected chi connectivity index (χ2v) is 5.16. The van der Waals surface area contributed by atoms with E-state index in [-0.39, 0.29) is 0 Å². The van der Waals surface area contributed by atoms with Crippen LogP contribution >= 0.6 is 0 Å². The Morgan fingerprint density at radius 3 is 1.94 bits per heavy atom. The molecule has 0 fully saturated rings. The highest BCUT2D eigenvalue weighted by Gasteiger charge is 2.31. The van der Waals surface area contributed by atoms with Crippen molar-refractivity contribution in [2.75, 3.05) is 0 Å². The van der Waals surface area contributed by atoms with E-state index in [4.69, 9.17) is 0 Å². The summed E-state index contributed by atoms with van der Waals surface area (Å²) in [6, 6.07) is 0. The van der Waals surface area contributed by atoms with Crippen LogP contribution in [0.1, 0.15) is 54.9 Å². The highest BCUT2D eigenvalue weighted by molar-refractivity contribution is 5.19. The van der Waals surface area contributed by atoms with Crippen LogP contribution in [0.25, 0.3) is 0 Å². The zero-order valence-corrected chi connectivity index (χ0v) is 10.1. The summed E-state index contributed by atoms with van der Waals surface area (Å²) in [6.45, 7) is 0. The standard InChI is InChI=1S/C13H19N2O2/c16-14-10-6-2-1-3-7-11(10)15(17)13-9-5-4-8-12(13)14/h16H,1-9H2/q+1. The van der Waals surface area contributed by atoms with Crippen LogP contribution in [0.5, 0.6) is 0 Å². The molecule has 3 rings (SSSR count). The quantitative estimate of drug-likeness (QED) is 0.423. The molecule has 0 bridgehead atoms. The monoisotopic (exact) mass is 235 g/mol. The summed E-state index contributed by atoms with van der Waals surface area (Å²) in [4.78, 5) is 12.4. The fraction of sp³-hybridized carbons (Fsp3) is 0.692. The highest BCUT2D eigenvalue weighted by Crippen LogP contribution is 2.23. The van der Waals surface area contributed by atoms with Gasteiger partial charge in [0.2, 0.25) is 0 Å². The minimum Gasteiger partial charge on any atom is -0.428 e. The van der Waals surface area contributed by atoms with Gasteiger partial charge in [-0.05, 0) is 38.5 Å². The molecule has 0 saturated carbocycles. The molecule has 4 heteroatoms. The minimum absolute atomic E-state index is 0.805. The molecule has 1 N–H and O–H groups in total. The van der Waals surface area contributed by atoms with Crippen molar-refractivity contribution < 1.29 is 9.63 Å². The van der Waals surface area contributed by atoms with E-state index in [1.54, 1.807) is 0 Å². The second-order valence-electron chi connectivity index (χ2n) is 5.16. The lowest BCUT2D eigenvalue weighted by molar-refractivity contribution is -0.518. The normalized spacial score (nSPS) is 19.3. The van der Waals surface area contributed by atoms with Crippen LogP contribution in [0.4, 0.5) is 0 Å². The summed E-state index contributed by atoms with van der Waals surface area (Å²) in [5, 5.41) is 10.3. The van der Waals surface area contributed by atoms with E-state index in [9.17, 15) is 10.1 Å². The first kappa shape index (κ1) is 10.8. The van der Waals surface area contributed by atoms with E-state index in [0.717, 1.165) is 85.0 Å². The molecule has 92 valence electrons. The van der Waals surface area contributed by atoms with E-state index < -0.39 is 0 Å². The number of hydrogen-bond donors (Lipinski definition) is 1. The molecule has 1 heterocycles. The predicted octanol–water partition coefficient (Wildman–Crippen LogP) is 1.79. The van der Waals surface area contributed by atoms with Gasteiger partial charge >= 0.3 is 0 Å². The first-order valence-corrected chi connectivity index (χ1v) is 6.69. The maximum Gasteiger partial charge on any atom is 0.262 e. The molecule has 0 unspecified atom stereocenters. The van der Waals surface area contributed by atoms with E-state index in [2.05, 4.69) is 0 Å². The Morgan fingerprint density at radius 1 is 0.824 bits per heavy atom. The Hall–Kier alpha value is -1.32. The third-order valence-corrected chi connectivity index (χ3v) is 4.07. The topological polar surface area (TPSA) is 48.1 Å². The van der Waals surface area contributed by atoms with Crippen LogP contribution in [-0.4, -0.2) is 9.94 Å². The third-order valence-electron chi connectivity index (χ3n) is 4.07. The van der Waals surface area contributed by atoms with E-state index >= 15 is 0 Å². The van der Waals surface area contributed by atoms with Gasteiger partial charge in [0.05, 0.1) is 4.43 Å². The average Bonchev–Trinajstić information content (AvgIpc) is 2.62. The van der Waals surface area contributed by atoms with Crippen LogP contribution in [0.2, 0.25) is 0 Å². The molecule has 1 aromatic heterocycles. The van der Waals surface area contributed by atoms with Gasteiger partial charge in [0.1, 0.15) is 11.4 Å². The molecular formula is C13H19N2O2+. The van der Waals surface area contributed by atoms with Gasteiger partial charge in [-0.15, -0.1) is 0 Å². The molecule has 2 aliphatic rings. The Balaban J connectivity index is 2.24. The van der Waals surface area contributed by atoms with Crippen LogP contribution < -0.4 is 4.43 Å². The van der Waals surface area contributed by atoms with Crippen LogP contribution in [0, 0.1) is 4.91 Å². The average molecular weight is 235 g/mol. The van der Waals surface area contributed by atoms with Crippen molar-refractivity contribution in [1.82, 2.24) is 4.73 Å². The number of hydrogen-bond acceptors (Lipinski definition) is 2. The molecule has 0 radical (unpaired) electrons. The summed E-state index contributed by atoms with van der Waals surface area (Å²) < 4.78 is 2.46. The lowest BCUT2D eigenvalue weighted by Gasteiger charge is -2.16. The number of nitrogens with zero attached hydrogens (tertiary/aromatic N) is 2. The summed E-state index contributed by atoms with van der Waals surface area (Å²) >= 11 is 0. The first-order valence-electron chi connectivity index (χ1n) is 6.69. The maximum absolute atomic E-state index is 12.4. The van der Waals surface area contributed by atoms with Gasteiger partial charge in [-0.3, -0.25) is 0 Å². The molecule has 2 aliphatic carbocycles. The summed E-state index contributed by atoms with van der Waals surface area (Å²) in [5.41, 5.74) is 3.33. The van der Waals surface area contributed by atoms with Gasteiger partial charge in [0.25, 0.3) is 11.4 Å². The Kier molecular flexibility index (Phi) is 2.65. The number of aromatic nitrogens is 2. The smallest absolute Gasteiger partial charge is 0.262 e. The molecule has 0 saturated heterocycles. The zero-order chi connectivity index (χ0) is 11.8. The van der Waals surface area contributed by atoms with E-state index in [0.29, 0.717) is 0 Å². The minimum atomic E-state index is 0.805. The molecule has 17 heavy (non-hydrogen) atoms. The summed E-state index contributed by atoms with van der Waals surface area (Å²) in [7, 11) is 0. The lowest BCUT2D eigenvalue weighted by Crippen LogP contribution is -2.36. The fourth-order valence-electron chi connectivity index (χ4n) is 3.14. The van der Waals surface area contributed by atoms with Crippen molar-refractivity contribution in [1.29, 1.82) is 0 Å². The van der Waals surface area contributed by atoms with Crippen LogP contribution in [-0.2, 0) is 25.7 Å². The van der Waals surface area contributed by atoms with Crippen molar-refractivity contribution >= 4 is 0 Å². The van der Waals surface area contributed by atoms with Crippen molar-refractivity contribution in [2.24, 2.45) is 0 Å². The third kappa shape index (κ3) is 1.66. The van der Waals surface area contributed by atoms with Crippen LogP contribution in [0.15, 0.2) is 0 Å². The van der Waals surface area contributed by atoms with Crippen molar-refractivity contribution in [2.45, 2.75) is 57.8 Å². The first-order chi connectivity index (χ1) is 8.29. The van der Waals surface area contributed by atoms with E-state index in [1.165, 1.54) is 4.73 Å². The van der Waals surface area contributed by atoms with Gasteiger partial charge in [-0.2, -0.15) is 4.73 Å². The number of fused-ring (bicyclic) bond motifs is 2. The van der Waals surface area contributed by atoms with Gasteiger partial charge in [0, 0.05) is 17.7 Å². The maximum atomic E-state index is 12.4. The zero-order valence-electron chi connectivity index (χ0n) is 10.1. The Bertz CT molecular complexity index is 505. The van der Waals surface area contributed by atoms with Crippen LogP contribution in [0.3, 0.4) is 0 Å². The molecule has 0 aromatic carbocycles.